The second-order valence-corrected chi connectivity index (χ2v) is 6.37. The van der Waals surface area contributed by atoms with E-state index in [1.54, 1.807) is 19.3 Å². The molecule has 0 bridgehead atoms. The summed E-state index contributed by atoms with van der Waals surface area (Å²) in [5, 5.41) is 4.79. The topological polar surface area (TPSA) is 86.8 Å². The zero-order valence-electron chi connectivity index (χ0n) is 15.5. The molecule has 3 aromatic heterocycles. The Hall–Kier alpha value is -4.13. The van der Waals surface area contributed by atoms with Crippen LogP contribution in [-0.2, 0) is 0 Å². The molecule has 7 heteroatoms. The first-order valence-corrected chi connectivity index (χ1v) is 9.02. The summed E-state index contributed by atoms with van der Waals surface area (Å²) in [6, 6.07) is 19.0. The SMILES string of the molecule is Cc1nc(-c2cccc(Oc3nc(-c4ccncc4)nc4ccccc34)c2)no1. The van der Waals surface area contributed by atoms with Crippen LogP contribution in [0.5, 0.6) is 11.6 Å². The molecule has 0 spiro atoms. The fraction of sp³-hybridized carbons (Fsp3) is 0.0455. The van der Waals surface area contributed by atoms with E-state index in [0.717, 1.165) is 22.0 Å². The maximum Gasteiger partial charge on any atom is 0.230 e. The second kappa shape index (κ2) is 7.12. The summed E-state index contributed by atoms with van der Waals surface area (Å²) in [5.74, 6) is 2.69. The maximum atomic E-state index is 6.17. The van der Waals surface area contributed by atoms with Crippen molar-refractivity contribution in [1.82, 2.24) is 25.1 Å². The molecule has 0 unspecified atom stereocenters. The first-order valence-electron chi connectivity index (χ1n) is 9.02. The van der Waals surface area contributed by atoms with E-state index in [1.165, 1.54) is 0 Å². The third kappa shape index (κ3) is 3.41. The monoisotopic (exact) mass is 381 g/mol. The molecule has 0 aliphatic carbocycles. The minimum absolute atomic E-state index is 0.476. The van der Waals surface area contributed by atoms with Crippen molar-refractivity contribution in [1.29, 1.82) is 0 Å². The number of rotatable bonds is 4. The van der Waals surface area contributed by atoms with E-state index in [0.29, 0.717) is 29.2 Å². The fourth-order valence-corrected chi connectivity index (χ4v) is 2.98. The number of fused-ring (bicyclic) bond motifs is 1. The Morgan fingerprint density at radius 2 is 1.66 bits per heavy atom. The van der Waals surface area contributed by atoms with E-state index in [9.17, 15) is 0 Å². The molecule has 140 valence electrons. The van der Waals surface area contributed by atoms with E-state index >= 15 is 0 Å². The molecule has 7 nitrogen and oxygen atoms in total. The van der Waals surface area contributed by atoms with Crippen LogP contribution in [0.1, 0.15) is 5.89 Å². The van der Waals surface area contributed by atoms with Crippen LogP contribution in [0.3, 0.4) is 0 Å². The van der Waals surface area contributed by atoms with Gasteiger partial charge in [0.1, 0.15) is 5.75 Å². The van der Waals surface area contributed by atoms with Crippen LogP contribution in [0.25, 0.3) is 33.7 Å². The van der Waals surface area contributed by atoms with Gasteiger partial charge in [-0.2, -0.15) is 9.97 Å². The predicted molar refractivity (Wildman–Crippen MR) is 107 cm³/mol. The molecule has 3 heterocycles. The molecule has 0 aliphatic rings. The smallest absolute Gasteiger partial charge is 0.230 e. The number of hydrogen-bond donors (Lipinski definition) is 0. The van der Waals surface area contributed by atoms with Crippen LogP contribution >= 0.6 is 0 Å². The van der Waals surface area contributed by atoms with Crippen molar-refractivity contribution in [3.8, 4) is 34.4 Å². The fourth-order valence-electron chi connectivity index (χ4n) is 2.98. The van der Waals surface area contributed by atoms with Crippen LogP contribution in [0.15, 0.2) is 77.6 Å². The molecule has 0 amide bonds. The Morgan fingerprint density at radius 3 is 2.48 bits per heavy atom. The lowest BCUT2D eigenvalue weighted by atomic mass is 10.2. The van der Waals surface area contributed by atoms with E-state index in [2.05, 4.69) is 25.1 Å². The van der Waals surface area contributed by atoms with E-state index < -0.39 is 0 Å². The third-order valence-corrected chi connectivity index (χ3v) is 4.34. The molecule has 0 saturated heterocycles. The number of pyridine rings is 1. The second-order valence-electron chi connectivity index (χ2n) is 6.37. The normalized spacial score (nSPS) is 10.9. The van der Waals surface area contributed by atoms with Gasteiger partial charge in [-0.15, -0.1) is 0 Å². The van der Waals surface area contributed by atoms with Gasteiger partial charge in [0.15, 0.2) is 5.82 Å². The van der Waals surface area contributed by atoms with Crippen LogP contribution < -0.4 is 4.74 Å². The molecule has 29 heavy (non-hydrogen) atoms. The summed E-state index contributed by atoms with van der Waals surface area (Å²) < 4.78 is 11.2. The number of nitrogens with zero attached hydrogens (tertiary/aromatic N) is 5. The van der Waals surface area contributed by atoms with Crippen LogP contribution in [0, 0.1) is 6.92 Å². The summed E-state index contributed by atoms with van der Waals surface area (Å²) in [4.78, 5) is 17.7. The minimum atomic E-state index is 0.476. The molecule has 0 saturated carbocycles. The number of hydrogen-bond acceptors (Lipinski definition) is 7. The average molecular weight is 381 g/mol. The van der Waals surface area contributed by atoms with Gasteiger partial charge in [-0.05, 0) is 36.4 Å². The van der Waals surface area contributed by atoms with Crippen molar-refractivity contribution in [3.63, 3.8) is 0 Å². The lowest BCUT2D eigenvalue weighted by molar-refractivity contribution is 0.394. The molecule has 0 radical (unpaired) electrons. The Kier molecular flexibility index (Phi) is 4.18. The quantitative estimate of drug-likeness (QED) is 0.440. The maximum absolute atomic E-state index is 6.17. The molecule has 5 rings (SSSR count). The third-order valence-electron chi connectivity index (χ3n) is 4.34. The minimum Gasteiger partial charge on any atom is -0.438 e. The van der Waals surface area contributed by atoms with Crippen molar-refractivity contribution >= 4 is 10.9 Å². The number of para-hydroxylation sites is 1. The van der Waals surface area contributed by atoms with Crippen LogP contribution in [0.2, 0.25) is 0 Å². The molecule has 2 aromatic carbocycles. The average Bonchev–Trinajstić information content (AvgIpc) is 3.21. The Labute approximate surface area is 166 Å². The molecule has 0 fully saturated rings. The van der Waals surface area contributed by atoms with Gasteiger partial charge in [0.25, 0.3) is 0 Å². The molecular weight excluding hydrogens is 366 g/mol. The number of benzene rings is 2. The zero-order valence-corrected chi connectivity index (χ0v) is 15.5. The zero-order chi connectivity index (χ0) is 19.6. The van der Waals surface area contributed by atoms with Gasteiger partial charge in [0, 0.05) is 30.4 Å². The van der Waals surface area contributed by atoms with Gasteiger partial charge in [0.2, 0.25) is 17.6 Å². The Bertz CT molecular complexity index is 1300. The summed E-state index contributed by atoms with van der Waals surface area (Å²) in [7, 11) is 0. The van der Waals surface area contributed by atoms with E-state index in [1.807, 2.05) is 60.7 Å². The number of aryl methyl sites for hydroxylation is 1. The summed E-state index contributed by atoms with van der Waals surface area (Å²) >= 11 is 0. The Morgan fingerprint density at radius 1 is 0.793 bits per heavy atom. The lowest BCUT2D eigenvalue weighted by Gasteiger charge is -2.10. The number of ether oxygens (including phenoxy) is 1. The van der Waals surface area contributed by atoms with Crippen molar-refractivity contribution in [2.75, 3.05) is 0 Å². The lowest BCUT2D eigenvalue weighted by Crippen LogP contribution is -1.96. The van der Waals surface area contributed by atoms with Gasteiger partial charge in [-0.1, -0.05) is 29.4 Å². The summed E-state index contributed by atoms with van der Waals surface area (Å²) in [6.45, 7) is 1.75. The highest BCUT2D eigenvalue weighted by Gasteiger charge is 2.13. The largest absolute Gasteiger partial charge is 0.438 e. The highest BCUT2D eigenvalue weighted by Crippen LogP contribution is 2.31. The summed E-state index contributed by atoms with van der Waals surface area (Å²) in [6.07, 6.45) is 3.43. The first kappa shape index (κ1) is 17.0. The van der Waals surface area contributed by atoms with Gasteiger partial charge in [-0.25, -0.2) is 4.98 Å². The van der Waals surface area contributed by atoms with Gasteiger partial charge in [-0.3, -0.25) is 4.98 Å². The van der Waals surface area contributed by atoms with E-state index in [-0.39, 0.29) is 0 Å². The Balaban J connectivity index is 1.58. The van der Waals surface area contributed by atoms with Gasteiger partial charge < -0.3 is 9.26 Å². The first-order chi connectivity index (χ1) is 14.3. The standard InChI is InChI=1S/C22H15N5O2/c1-14-24-21(27-29-14)16-5-4-6-17(13-16)28-22-18-7-2-3-8-19(18)25-20(26-22)15-9-11-23-12-10-15/h2-13H,1H3. The van der Waals surface area contributed by atoms with Crippen LogP contribution in [0.4, 0.5) is 0 Å². The van der Waals surface area contributed by atoms with Crippen molar-refractivity contribution < 1.29 is 9.26 Å². The van der Waals surface area contributed by atoms with Crippen molar-refractivity contribution in [2.24, 2.45) is 0 Å². The summed E-state index contributed by atoms with van der Waals surface area (Å²) in [5.41, 5.74) is 2.47. The highest BCUT2D eigenvalue weighted by atomic mass is 16.5. The van der Waals surface area contributed by atoms with E-state index in [4.69, 9.17) is 9.26 Å². The van der Waals surface area contributed by atoms with Crippen LogP contribution in [-0.4, -0.2) is 25.1 Å². The van der Waals surface area contributed by atoms with Crippen molar-refractivity contribution in [2.45, 2.75) is 6.92 Å². The molecule has 0 aliphatic heterocycles. The molecule has 0 atom stereocenters. The predicted octanol–water partition coefficient (Wildman–Crippen LogP) is 4.84. The van der Waals surface area contributed by atoms with Crippen molar-refractivity contribution in [3.05, 3.63) is 78.9 Å². The number of aromatic nitrogens is 5. The molecular formula is C22H15N5O2. The van der Waals surface area contributed by atoms with Gasteiger partial charge in [0.05, 0.1) is 10.9 Å². The molecule has 0 N–H and O–H groups in total. The molecule has 5 aromatic rings. The van der Waals surface area contributed by atoms with Gasteiger partial charge >= 0.3 is 0 Å². The highest BCUT2D eigenvalue weighted by molar-refractivity contribution is 5.85.